The minimum Gasteiger partial charge on any atom is -0.307 e. The normalized spacial score (nSPS) is 10.9. The molecule has 0 aliphatic carbocycles. The number of aromatic nitrogens is 2. The highest BCUT2D eigenvalue weighted by Gasteiger charge is 2.05. The van der Waals surface area contributed by atoms with E-state index in [-0.39, 0.29) is 5.82 Å². The molecule has 0 saturated carbocycles. The Bertz CT molecular complexity index is 517. The lowest BCUT2D eigenvalue weighted by Crippen LogP contribution is -2.16. The van der Waals surface area contributed by atoms with Crippen LogP contribution in [-0.4, -0.2) is 9.78 Å². The van der Waals surface area contributed by atoms with Crippen molar-refractivity contribution in [3.05, 3.63) is 53.1 Å². The average molecular weight is 261 g/mol. The smallest absolute Gasteiger partial charge is 0.123 e. The van der Waals surface area contributed by atoms with Crippen LogP contribution in [0.3, 0.4) is 0 Å². The van der Waals surface area contributed by atoms with Crippen molar-refractivity contribution in [2.45, 2.75) is 39.9 Å². The first kappa shape index (κ1) is 13.7. The molecule has 0 fully saturated rings. The van der Waals surface area contributed by atoms with Gasteiger partial charge >= 0.3 is 0 Å². The SMILES string of the molecule is CCc1cc(CNCc2ccc(F)cc2)n(CC)n1. The predicted octanol–water partition coefficient (Wildman–Crippen LogP) is 2.89. The molecule has 0 aliphatic rings. The maximum Gasteiger partial charge on any atom is 0.123 e. The molecule has 19 heavy (non-hydrogen) atoms. The summed E-state index contributed by atoms with van der Waals surface area (Å²) in [5, 5.41) is 7.88. The average Bonchev–Trinajstić information content (AvgIpc) is 2.83. The molecule has 0 atom stereocenters. The summed E-state index contributed by atoms with van der Waals surface area (Å²) in [6.45, 7) is 6.59. The Balaban J connectivity index is 1.91. The first-order valence-electron chi connectivity index (χ1n) is 6.73. The van der Waals surface area contributed by atoms with Gasteiger partial charge in [0.25, 0.3) is 0 Å². The minimum atomic E-state index is -0.194. The third-order valence-corrected chi connectivity index (χ3v) is 3.12. The molecule has 1 heterocycles. The van der Waals surface area contributed by atoms with Crippen molar-refractivity contribution >= 4 is 0 Å². The Morgan fingerprint density at radius 2 is 1.89 bits per heavy atom. The molecule has 1 aromatic carbocycles. The largest absolute Gasteiger partial charge is 0.307 e. The molecular weight excluding hydrogens is 241 g/mol. The standard InChI is InChI=1S/C15H20FN3/c1-3-14-9-15(19(4-2)18-14)11-17-10-12-5-7-13(16)8-6-12/h5-9,17H,3-4,10-11H2,1-2H3. The molecule has 0 unspecified atom stereocenters. The molecule has 102 valence electrons. The number of benzene rings is 1. The van der Waals surface area contributed by atoms with Gasteiger partial charge in [-0.25, -0.2) is 4.39 Å². The van der Waals surface area contributed by atoms with Gasteiger partial charge in [-0.15, -0.1) is 0 Å². The summed E-state index contributed by atoms with van der Waals surface area (Å²) in [6, 6.07) is 8.72. The maximum atomic E-state index is 12.8. The Labute approximate surface area is 113 Å². The van der Waals surface area contributed by atoms with Gasteiger partial charge in [0.15, 0.2) is 0 Å². The van der Waals surface area contributed by atoms with Crippen LogP contribution in [-0.2, 0) is 26.1 Å². The number of aryl methyl sites for hydroxylation is 2. The molecule has 1 N–H and O–H groups in total. The van der Waals surface area contributed by atoms with Gasteiger partial charge in [-0.2, -0.15) is 5.10 Å². The van der Waals surface area contributed by atoms with Gasteiger partial charge in [-0.3, -0.25) is 4.68 Å². The monoisotopic (exact) mass is 261 g/mol. The van der Waals surface area contributed by atoms with Gasteiger partial charge < -0.3 is 5.32 Å². The summed E-state index contributed by atoms with van der Waals surface area (Å²) in [7, 11) is 0. The summed E-state index contributed by atoms with van der Waals surface area (Å²) >= 11 is 0. The number of hydrogen-bond acceptors (Lipinski definition) is 2. The third kappa shape index (κ3) is 3.64. The predicted molar refractivity (Wildman–Crippen MR) is 74.2 cm³/mol. The van der Waals surface area contributed by atoms with Crippen LogP contribution < -0.4 is 5.32 Å². The van der Waals surface area contributed by atoms with Crippen LogP contribution in [0.15, 0.2) is 30.3 Å². The van der Waals surface area contributed by atoms with Gasteiger partial charge in [-0.1, -0.05) is 19.1 Å². The zero-order valence-electron chi connectivity index (χ0n) is 11.5. The zero-order valence-corrected chi connectivity index (χ0v) is 11.5. The lowest BCUT2D eigenvalue weighted by molar-refractivity contribution is 0.576. The van der Waals surface area contributed by atoms with E-state index >= 15 is 0 Å². The number of halogens is 1. The first-order chi connectivity index (χ1) is 9.22. The summed E-state index contributed by atoms with van der Waals surface area (Å²) in [6.07, 6.45) is 0.956. The van der Waals surface area contributed by atoms with Crippen LogP contribution in [0, 0.1) is 5.82 Å². The molecule has 3 nitrogen and oxygen atoms in total. The van der Waals surface area contributed by atoms with Crippen molar-refractivity contribution in [1.82, 2.24) is 15.1 Å². The molecule has 4 heteroatoms. The zero-order chi connectivity index (χ0) is 13.7. The molecule has 0 bridgehead atoms. The summed E-state index contributed by atoms with van der Waals surface area (Å²) in [4.78, 5) is 0. The molecule has 1 aromatic heterocycles. The van der Waals surface area contributed by atoms with E-state index in [9.17, 15) is 4.39 Å². The van der Waals surface area contributed by atoms with E-state index in [2.05, 4.69) is 30.3 Å². The van der Waals surface area contributed by atoms with Crippen LogP contribution in [0.1, 0.15) is 30.8 Å². The second-order valence-electron chi connectivity index (χ2n) is 4.53. The molecule has 2 rings (SSSR count). The van der Waals surface area contributed by atoms with E-state index in [1.165, 1.54) is 17.8 Å². The number of hydrogen-bond donors (Lipinski definition) is 1. The molecule has 0 radical (unpaired) electrons. The number of rotatable bonds is 6. The van der Waals surface area contributed by atoms with Crippen molar-refractivity contribution in [1.29, 1.82) is 0 Å². The highest BCUT2D eigenvalue weighted by atomic mass is 19.1. The van der Waals surface area contributed by atoms with Gasteiger partial charge in [-0.05, 0) is 37.1 Å². The molecule has 0 saturated heterocycles. The highest BCUT2D eigenvalue weighted by Crippen LogP contribution is 2.07. The maximum absolute atomic E-state index is 12.8. The van der Waals surface area contributed by atoms with Crippen LogP contribution in [0.25, 0.3) is 0 Å². The van der Waals surface area contributed by atoms with Crippen LogP contribution in [0.5, 0.6) is 0 Å². The van der Waals surface area contributed by atoms with Gasteiger partial charge in [0.05, 0.1) is 11.4 Å². The van der Waals surface area contributed by atoms with Crippen LogP contribution >= 0.6 is 0 Å². The van der Waals surface area contributed by atoms with Crippen molar-refractivity contribution in [3.63, 3.8) is 0 Å². The Morgan fingerprint density at radius 3 is 2.53 bits per heavy atom. The molecule has 2 aromatic rings. The Hall–Kier alpha value is -1.68. The fraction of sp³-hybridized carbons (Fsp3) is 0.400. The minimum absolute atomic E-state index is 0.194. The topological polar surface area (TPSA) is 29.9 Å². The van der Waals surface area contributed by atoms with Crippen molar-refractivity contribution < 1.29 is 4.39 Å². The fourth-order valence-corrected chi connectivity index (χ4v) is 2.04. The van der Waals surface area contributed by atoms with E-state index in [1.807, 2.05) is 4.68 Å². The quantitative estimate of drug-likeness (QED) is 0.866. The van der Waals surface area contributed by atoms with Crippen molar-refractivity contribution in [2.75, 3.05) is 0 Å². The fourth-order valence-electron chi connectivity index (χ4n) is 2.04. The van der Waals surface area contributed by atoms with E-state index < -0.39 is 0 Å². The first-order valence-corrected chi connectivity index (χ1v) is 6.73. The van der Waals surface area contributed by atoms with Gasteiger partial charge in [0.2, 0.25) is 0 Å². The van der Waals surface area contributed by atoms with E-state index in [1.54, 1.807) is 12.1 Å². The third-order valence-electron chi connectivity index (χ3n) is 3.12. The molecule has 0 amide bonds. The summed E-state index contributed by atoms with van der Waals surface area (Å²) in [5.41, 5.74) is 3.40. The van der Waals surface area contributed by atoms with Crippen LogP contribution in [0.2, 0.25) is 0 Å². The number of nitrogens with zero attached hydrogens (tertiary/aromatic N) is 2. The van der Waals surface area contributed by atoms with E-state index in [0.717, 1.165) is 37.3 Å². The molecule has 0 aliphatic heterocycles. The van der Waals surface area contributed by atoms with Crippen LogP contribution in [0.4, 0.5) is 4.39 Å². The second kappa shape index (κ2) is 6.48. The van der Waals surface area contributed by atoms with Crippen molar-refractivity contribution in [3.8, 4) is 0 Å². The second-order valence-corrected chi connectivity index (χ2v) is 4.53. The van der Waals surface area contributed by atoms with E-state index in [0.29, 0.717) is 0 Å². The molecular formula is C15H20FN3. The Morgan fingerprint density at radius 1 is 1.16 bits per heavy atom. The van der Waals surface area contributed by atoms with E-state index in [4.69, 9.17) is 0 Å². The van der Waals surface area contributed by atoms with Gasteiger partial charge in [0, 0.05) is 19.6 Å². The molecule has 0 spiro atoms. The summed E-state index contributed by atoms with van der Waals surface area (Å²) < 4.78 is 14.8. The summed E-state index contributed by atoms with van der Waals surface area (Å²) in [5.74, 6) is -0.194. The Kier molecular flexibility index (Phi) is 4.68. The highest BCUT2D eigenvalue weighted by molar-refractivity contribution is 5.16. The lowest BCUT2D eigenvalue weighted by Gasteiger charge is -2.06. The van der Waals surface area contributed by atoms with Crippen molar-refractivity contribution in [2.24, 2.45) is 0 Å². The number of nitrogens with one attached hydrogen (secondary N) is 1. The van der Waals surface area contributed by atoms with Gasteiger partial charge in [0.1, 0.15) is 5.82 Å². The lowest BCUT2D eigenvalue weighted by atomic mass is 10.2.